The first-order valence-corrected chi connectivity index (χ1v) is 11.2. The predicted molar refractivity (Wildman–Crippen MR) is 121 cm³/mol. The number of rotatable bonds is 8. The van der Waals surface area contributed by atoms with Crippen LogP contribution in [0.1, 0.15) is 24.0 Å². The molecule has 1 fully saturated rings. The number of carbonyl (C=O) groups excluding carboxylic acids is 1. The lowest BCUT2D eigenvalue weighted by Crippen LogP contribution is -2.48. The second kappa shape index (κ2) is 10.8. The Morgan fingerprint density at radius 3 is 2.57 bits per heavy atom. The van der Waals surface area contributed by atoms with Crippen molar-refractivity contribution in [1.82, 2.24) is 19.7 Å². The number of halogens is 3. The highest BCUT2D eigenvalue weighted by Gasteiger charge is 2.37. The van der Waals surface area contributed by atoms with Crippen LogP contribution in [0.4, 0.5) is 13.2 Å². The van der Waals surface area contributed by atoms with Gasteiger partial charge in [0.2, 0.25) is 0 Å². The van der Waals surface area contributed by atoms with Gasteiger partial charge in [-0.2, -0.15) is 5.10 Å². The van der Waals surface area contributed by atoms with Crippen LogP contribution >= 0.6 is 0 Å². The van der Waals surface area contributed by atoms with Gasteiger partial charge in [0.05, 0.1) is 6.54 Å². The van der Waals surface area contributed by atoms with Crippen molar-refractivity contribution >= 4 is 12.0 Å². The van der Waals surface area contributed by atoms with Crippen LogP contribution in [0.2, 0.25) is 0 Å². The molecule has 0 saturated carbocycles. The average molecular weight is 486 g/mol. The molecular formula is C25H25F3N4O3. The van der Waals surface area contributed by atoms with E-state index in [0.717, 1.165) is 12.1 Å². The van der Waals surface area contributed by atoms with Crippen molar-refractivity contribution in [2.75, 3.05) is 19.6 Å². The topological polar surface area (TPSA) is 80.5 Å². The summed E-state index contributed by atoms with van der Waals surface area (Å²) in [6.45, 7) is 0.979. The first kappa shape index (κ1) is 24.6. The lowest BCUT2D eigenvalue weighted by molar-refractivity contribution is -0.145. The summed E-state index contributed by atoms with van der Waals surface area (Å²) in [7, 11) is 0. The third-order valence-electron chi connectivity index (χ3n) is 5.89. The maximum Gasteiger partial charge on any atom is 0.331 e. The third-order valence-corrected chi connectivity index (χ3v) is 5.89. The maximum absolute atomic E-state index is 14.6. The minimum atomic E-state index is -1.69. The number of likely N-dealkylation sites (tertiary alicyclic amines) is 1. The zero-order valence-corrected chi connectivity index (χ0v) is 18.9. The monoisotopic (exact) mass is 486 g/mol. The number of aliphatic hydroxyl groups is 1. The number of esters is 1. The molecule has 1 atom stereocenters. The van der Waals surface area contributed by atoms with Gasteiger partial charge in [-0.15, -0.1) is 0 Å². The summed E-state index contributed by atoms with van der Waals surface area (Å²) in [5.41, 5.74) is -1.18. The molecule has 1 aromatic heterocycles. The second-order valence-corrected chi connectivity index (χ2v) is 8.55. The summed E-state index contributed by atoms with van der Waals surface area (Å²) in [5, 5.41) is 15.5. The van der Waals surface area contributed by atoms with Gasteiger partial charge in [-0.05, 0) is 42.7 Å². The fourth-order valence-electron chi connectivity index (χ4n) is 4.20. The summed E-state index contributed by atoms with van der Waals surface area (Å²) in [4.78, 5) is 18.0. The Kier molecular flexibility index (Phi) is 7.62. The van der Waals surface area contributed by atoms with Crippen molar-refractivity contribution in [2.45, 2.75) is 31.1 Å². The van der Waals surface area contributed by atoms with E-state index >= 15 is 0 Å². The number of hydrogen-bond acceptors (Lipinski definition) is 6. The largest absolute Gasteiger partial charge is 0.459 e. The smallest absolute Gasteiger partial charge is 0.331 e. The summed E-state index contributed by atoms with van der Waals surface area (Å²) in [6.07, 6.45) is 6.19. The molecule has 0 spiro atoms. The van der Waals surface area contributed by atoms with Crippen molar-refractivity contribution < 1.29 is 27.8 Å². The zero-order valence-electron chi connectivity index (χ0n) is 18.9. The van der Waals surface area contributed by atoms with Crippen LogP contribution in [-0.2, 0) is 21.7 Å². The Labute approximate surface area is 200 Å². The van der Waals surface area contributed by atoms with Crippen LogP contribution in [0.5, 0.6) is 0 Å². The molecule has 3 aromatic rings. The Bertz CT molecular complexity index is 1180. The first-order chi connectivity index (χ1) is 16.8. The molecule has 4 rings (SSSR count). The molecule has 1 unspecified atom stereocenters. The summed E-state index contributed by atoms with van der Waals surface area (Å²) >= 11 is 0. The average Bonchev–Trinajstić information content (AvgIpc) is 3.31. The molecule has 2 heterocycles. The molecular weight excluding hydrogens is 461 g/mol. The molecule has 0 bridgehead atoms. The number of β-amino-alcohol motifs (C(OH)–C–C–N with tert-alkyl or cyclic N) is 1. The van der Waals surface area contributed by atoms with Crippen LogP contribution < -0.4 is 0 Å². The van der Waals surface area contributed by atoms with E-state index in [-0.39, 0.29) is 24.8 Å². The summed E-state index contributed by atoms with van der Waals surface area (Å²) < 4.78 is 48.2. The molecule has 1 aliphatic heterocycles. The molecule has 1 aliphatic rings. The van der Waals surface area contributed by atoms with Crippen molar-refractivity contribution in [1.29, 1.82) is 0 Å². The van der Waals surface area contributed by atoms with Crippen LogP contribution in [-0.4, -0.2) is 56.5 Å². The number of piperidine rings is 1. The second-order valence-electron chi connectivity index (χ2n) is 8.55. The lowest BCUT2D eigenvalue weighted by Gasteiger charge is -2.38. The number of hydrogen-bond donors (Lipinski definition) is 1. The predicted octanol–water partition coefficient (Wildman–Crippen LogP) is 3.30. The van der Waals surface area contributed by atoms with Crippen molar-refractivity contribution in [3.8, 4) is 0 Å². The van der Waals surface area contributed by atoms with Gasteiger partial charge in [-0.25, -0.2) is 27.6 Å². The molecule has 35 heavy (non-hydrogen) atoms. The van der Waals surface area contributed by atoms with Gasteiger partial charge in [-0.3, -0.25) is 4.90 Å². The van der Waals surface area contributed by atoms with Crippen molar-refractivity contribution in [2.24, 2.45) is 0 Å². The van der Waals surface area contributed by atoms with E-state index in [9.17, 15) is 23.1 Å². The van der Waals surface area contributed by atoms with E-state index in [1.807, 2.05) is 4.90 Å². The number of aromatic nitrogens is 3. The van der Waals surface area contributed by atoms with Gasteiger partial charge in [0.25, 0.3) is 0 Å². The minimum Gasteiger partial charge on any atom is -0.459 e. The Hall–Kier alpha value is -3.50. The summed E-state index contributed by atoms with van der Waals surface area (Å²) in [5.74, 6) is -2.49. The molecule has 184 valence electrons. The standard InChI is InChI=1S/C25H25F3N4O3/c26-19-3-1-2-18(12-19)4-7-24(33)35-21-8-10-31(11-9-21)14-25(34,15-32-17-29-16-30-32)22-6-5-20(27)13-23(22)28/h1-7,12-13,16-17,21,34H,8-11,14-15H2/b7-4+. The molecule has 1 saturated heterocycles. The highest BCUT2D eigenvalue weighted by Crippen LogP contribution is 2.29. The summed E-state index contributed by atoms with van der Waals surface area (Å²) in [6, 6.07) is 8.95. The Morgan fingerprint density at radius 2 is 1.89 bits per heavy atom. The Balaban J connectivity index is 1.36. The van der Waals surface area contributed by atoms with Gasteiger partial charge in [0.15, 0.2) is 0 Å². The highest BCUT2D eigenvalue weighted by atomic mass is 19.1. The van der Waals surface area contributed by atoms with E-state index in [4.69, 9.17) is 4.74 Å². The third kappa shape index (κ3) is 6.55. The molecule has 10 heteroatoms. The van der Waals surface area contributed by atoms with Crippen LogP contribution in [0.15, 0.2) is 61.2 Å². The van der Waals surface area contributed by atoms with Gasteiger partial charge in [0, 0.05) is 37.3 Å². The minimum absolute atomic E-state index is 0.0366. The van der Waals surface area contributed by atoms with E-state index in [1.165, 1.54) is 47.7 Å². The van der Waals surface area contributed by atoms with E-state index in [0.29, 0.717) is 31.5 Å². The molecule has 0 aliphatic carbocycles. The number of benzene rings is 2. The molecule has 1 N–H and O–H groups in total. The van der Waals surface area contributed by atoms with Crippen LogP contribution in [0, 0.1) is 17.5 Å². The van der Waals surface area contributed by atoms with Gasteiger partial charge >= 0.3 is 5.97 Å². The van der Waals surface area contributed by atoms with Crippen LogP contribution in [0.25, 0.3) is 6.08 Å². The van der Waals surface area contributed by atoms with Crippen molar-refractivity contribution in [3.63, 3.8) is 0 Å². The quantitative estimate of drug-likeness (QED) is 0.389. The van der Waals surface area contributed by atoms with Gasteiger partial charge in [0.1, 0.15) is 41.8 Å². The van der Waals surface area contributed by atoms with Crippen LogP contribution in [0.3, 0.4) is 0 Å². The normalized spacial score (nSPS) is 16.9. The van der Waals surface area contributed by atoms with Gasteiger partial charge < -0.3 is 9.84 Å². The van der Waals surface area contributed by atoms with Crippen molar-refractivity contribution in [3.05, 3.63) is 89.8 Å². The molecule has 0 amide bonds. The molecule has 0 radical (unpaired) electrons. The lowest BCUT2D eigenvalue weighted by atomic mass is 9.91. The van der Waals surface area contributed by atoms with E-state index in [1.54, 1.807) is 12.1 Å². The first-order valence-electron chi connectivity index (χ1n) is 11.2. The number of ether oxygens (including phenoxy) is 1. The van der Waals surface area contributed by atoms with E-state index < -0.39 is 29.0 Å². The SMILES string of the molecule is O=C(/C=C/c1cccc(F)c1)OC1CCN(CC(O)(Cn2cncn2)c2ccc(F)cc2F)CC1. The number of carbonyl (C=O) groups is 1. The maximum atomic E-state index is 14.6. The molecule has 7 nitrogen and oxygen atoms in total. The fourth-order valence-corrected chi connectivity index (χ4v) is 4.20. The van der Waals surface area contributed by atoms with E-state index in [2.05, 4.69) is 10.1 Å². The number of nitrogens with zero attached hydrogens (tertiary/aromatic N) is 4. The fraction of sp³-hybridized carbons (Fsp3) is 0.320. The molecule has 2 aromatic carbocycles. The zero-order chi connectivity index (χ0) is 24.8. The Morgan fingerprint density at radius 1 is 1.11 bits per heavy atom. The van der Waals surface area contributed by atoms with Gasteiger partial charge in [-0.1, -0.05) is 18.2 Å². The highest BCUT2D eigenvalue weighted by molar-refractivity contribution is 5.87.